The average Bonchev–Trinajstić information content (AvgIpc) is 2.76. The van der Waals surface area contributed by atoms with Crippen molar-refractivity contribution >= 4 is 0 Å². The van der Waals surface area contributed by atoms with Crippen molar-refractivity contribution in [2.24, 2.45) is 0 Å². The Morgan fingerprint density at radius 2 is 1.66 bits per heavy atom. The molecule has 0 amide bonds. The Bertz CT molecular complexity index is 674. The molecule has 2 atom stereocenters. The SMILES string of the molecule is CCCCCOc1ccc(C(O)C(C[NH+]2CCOCC2)c2ccccc2)cc1.[Cl-]. The molecule has 0 aromatic heterocycles. The molecule has 2 aromatic carbocycles. The number of aliphatic hydroxyl groups is 1. The predicted molar refractivity (Wildman–Crippen MR) is 112 cm³/mol. The molecular weight excluding hydrogens is 386 g/mol. The van der Waals surface area contributed by atoms with Gasteiger partial charge in [0.2, 0.25) is 0 Å². The number of ether oxygens (including phenoxy) is 2. The maximum absolute atomic E-state index is 11.2. The number of aliphatic hydroxyl groups excluding tert-OH is 1. The van der Waals surface area contributed by atoms with E-state index in [-0.39, 0.29) is 18.3 Å². The van der Waals surface area contributed by atoms with Gasteiger partial charge < -0.3 is 31.9 Å². The number of nitrogens with one attached hydrogen (secondary N) is 1. The van der Waals surface area contributed by atoms with E-state index in [9.17, 15) is 5.11 Å². The molecule has 0 spiro atoms. The number of hydrogen-bond acceptors (Lipinski definition) is 3. The van der Waals surface area contributed by atoms with Crippen LogP contribution in [0.15, 0.2) is 54.6 Å². The Kier molecular flexibility index (Phi) is 10.5. The Hall–Kier alpha value is -1.59. The molecule has 29 heavy (non-hydrogen) atoms. The molecule has 1 aliphatic rings. The lowest BCUT2D eigenvalue weighted by molar-refractivity contribution is -0.909. The van der Waals surface area contributed by atoms with Crippen molar-refractivity contribution in [2.75, 3.05) is 39.5 Å². The van der Waals surface area contributed by atoms with E-state index < -0.39 is 6.10 Å². The second-order valence-corrected chi connectivity index (χ2v) is 7.65. The average molecular weight is 420 g/mol. The van der Waals surface area contributed by atoms with Crippen LogP contribution in [0.4, 0.5) is 0 Å². The molecule has 5 heteroatoms. The van der Waals surface area contributed by atoms with Crippen LogP contribution in [0.3, 0.4) is 0 Å². The predicted octanol–water partition coefficient (Wildman–Crippen LogP) is -0.00810. The molecule has 0 aliphatic carbocycles. The number of rotatable bonds is 10. The Labute approximate surface area is 181 Å². The lowest BCUT2D eigenvalue weighted by Gasteiger charge is -2.30. The van der Waals surface area contributed by atoms with E-state index in [0.717, 1.165) is 57.2 Å². The third-order valence-corrected chi connectivity index (χ3v) is 5.56. The summed E-state index contributed by atoms with van der Waals surface area (Å²) >= 11 is 0. The summed E-state index contributed by atoms with van der Waals surface area (Å²) in [5.74, 6) is 0.938. The van der Waals surface area contributed by atoms with Crippen LogP contribution < -0.4 is 22.0 Å². The van der Waals surface area contributed by atoms with Crippen molar-refractivity contribution in [3.63, 3.8) is 0 Å². The summed E-state index contributed by atoms with van der Waals surface area (Å²) in [6.07, 6.45) is 2.94. The highest BCUT2D eigenvalue weighted by atomic mass is 35.5. The molecule has 4 nitrogen and oxygen atoms in total. The first-order valence-electron chi connectivity index (χ1n) is 10.6. The summed E-state index contributed by atoms with van der Waals surface area (Å²) in [5.41, 5.74) is 2.14. The topological polar surface area (TPSA) is 43.1 Å². The third kappa shape index (κ3) is 7.31. The summed E-state index contributed by atoms with van der Waals surface area (Å²) in [4.78, 5) is 1.50. The van der Waals surface area contributed by atoms with Gasteiger partial charge >= 0.3 is 0 Å². The summed E-state index contributed by atoms with van der Waals surface area (Å²) in [6.45, 7) is 7.46. The van der Waals surface area contributed by atoms with Crippen LogP contribution in [0.25, 0.3) is 0 Å². The van der Waals surface area contributed by atoms with Crippen LogP contribution in [0, 0.1) is 0 Å². The maximum atomic E-state index is 11.2. The molecule has 2 unspecified atom stereocenters. The van der Waals surface area contributed by atoms with Crippen molar-refractivity contribution in [2.45, 2.75) is 38.2 Å². The van der Waals surface area contributed by atoms with E-state index in [1.54, 1.807) is 0 Å². The zero-order chi connectivity index (χ0) is 19.6. The molecule has 0 bridgehead atoms. The van der Waals surface area contributed by atoms with Gasteiger partial charge in [-0.3, -0.25) is 0 Å². The first-order chi connectivity index (χ1) is 13.8. The lowest BCUT2D eigenvalue weighted by Crippen LogP contribution is -3.14. The minimum atomic E-state index is -0.535. The highest BCUT2D eigenvalue weighted by Crippen LogP contribution is 2.31. The van der Waals surface area contributed by atoms with E-state index in [1.807, 2.05) is 30.3 Å². The molecular formula is C24H34ClNO3. The summed E-state index contributed by atoms with van der Waals surface area (Å²) < 4.78 is 11.3. The number of morpholine rings is 1. The van der Waals surface area contributed by atoms with Gasteiger partial charge in [0, 0.05) is 0 Å². The smallest absolute Gasteiger partial charge is 0.119 e. The van der Waals surface area contributed by atoms with Crippen LogP contribution >= 0.6 is 0 Å². The van der Waals surface area contributed by atoms with Gasteiger partial charge in [-0.2, -0.15) is 0 Å². The van der Waals surface area contributed by atoms with Gasteiger partial charge in [-0.25, -0.2) is 0 Å². The lowest BCUT2D eigenvalue weighted by atomic mass is 9.88. The van der Waals surface area contributed by atoms with Crippen molar-refractivity contribution in [1.82, 2.24) is 0 Å². The Balaban J connectivity index is 0.00000300. The normalized spacial score (nSPS) is 16.6. The fourth-order valence-electron chi connectivity index (χ4n) is 3.82. The largest absolute Gasteiger partial charge is 1.00 e. The van der Waals surface area contributed by atoms with E-state index >= 15 is 0 Å². The first-order valence-corrected chi connectivity index (χ1v) is 10.6. The maximum Gasteiger partial charge on any atom is 0.119 e. The van der Waals surface area contributed by atoms with Gasteiger partial charge in [-0.15, -0.1) is 0 Å². The van der Waals surface area contributed by atoms with E-state index in [2.05, 4.69) is 31.2 Å². The number of benzene rings is 2. The number of quaternary nitrogens is 1. The van der Waals surface area contributed by atoms with Crippen molar-refractivity contribution in [3.05, 3.63) is 65.7 Å². The van der Waals surface area contributed by atoms with Crippen LogP contribution in [0.5, 0.6) is 5.75 Å². The number of hydrogen-bond donors (Lipinski definition) is 2. The molecule has 3 rings (SSSR count). The second kappa shape index (κ2) is 12.9. The second-order valence-electron chi connectivity index (χ2n) is 7.65. The third-order valence-electron chi connectivity index (χ3n) is 5.56. The molecule has 0 saturated carbocycles. The molecule has 1 heterocycles. The Morgan fingerprint density at radius 3 is 2.31 bits per heavy atom. The standard InChI is InChI=1S/C24H33NO3.ClH/c1-2-3-7-16-28-22-12-10-21(11-13-22)24(26)23(20-8-5-4-6-9-20)19-25-14-17-27-18-15-25;/h4-6,8-13,23-24,26H,2-3,7,14-19H2,1H3;1H. The zero-order valence-corrected chi connectivity index (χ0v) is 18.1. The minimum absolute atomic E-state index is 0. The van der Waals surface area contributed by atoms with E-state index in [0.29, 0.717) is 0 Å². The quantitative estimate of drug-likeness (QED) is 0.532. The van der Waals surface area contributed by atoms with Gasteiger partial charge in [0.15, 0.2) is 0 Å². The van der Waals surface area contributed by atoms with Crippen molar-refractivity contribution < 1.29 is 31.9 Å². The fraction of sp³-hybridized carbons (Fsp3) is 0.500. The summed E-state index contributed by atoms with van der Waals surface area (Å²) in [7, 11) is 0. The molecule has 1 saturated heterocycles. The van der Waals surface area contributed by atoms with Gasteiger partial charge in [0.05, 0.1) is 38.4 Å². The van der Waals surface area contributed by atoms with Gasteiger partial charge in [0.25, 0.3) is 0 Å². The summed E-state index contributed by atoms with van der Waals surface area (Å²) in [5, 5.41) is 11.2. The molecule has 2 N–H and O–H groups in total. The van der Waals surface area contributed by atoms with Gasteiger partial charge in [0.1, 0.15) is 18.8 Å². The number of unbranched alkanes of at least 4 members (excludes halogenated alkanes) is 2. The highest BCUT2D eigenvalue weighted by Gasteiger charge is 2.28. The summed E-state index contributed by atoms with van der Waals surface area (Å²) in [6, 6.07) is 18.3. The van der Waals surface area contributed by atoms with Crippen molar-refractivity contribution in [1.29, 1.82) is 0 Å². The molecule has 160 valence electrons. The fourth-order valence-corrected chi connectivity index (χ4v) is 3.82. The van der Waals surface area contributed by atoms with Gasteiger partial charge in [-0.1, -0.05) is 62.2 Å². The monoisotopic (exact) mass is 419 g/mol. The van der Waals surface area contributed by atoms with Crippen LogP contribution in [0.1, 0.15) is 49.3 Å². The zero-order valence-electron chi connectivity index (χ0n) is 17.4. The highest BCUT2D eigenvalue weighted by molar-refractivity contribution is 5.31. The van der Waals surface area contributed by atoms with Crippen LogP contribution in [-0.4, -0.2) is 44.6 Å². The molecule has 2 aromatic rings. The van der Waals surface area contributed by atoms with Crippen LogP contribution in [0.2, 0.25) is 0 Å². The van der Waals surface area contributed by atoms with Gasteiger partial charge in [-0.05, 0) is 29.7 Å². The molecule has 0 radical (unpaired) electrons. The minimum Gasteiger partial charge on any atom is -1.00 e. The van der Waals surface area contributed by atoms with E-state index in [4.69, 9.17) is 9.47 Å². The first kappa shape index (κ1) is 23.7. The Morgan fingerprint density at radius 1 is 0.966 bits per heavy atom. The van der Waals surface area contributed by atoms with E-state index in [1.165, 1.54) is 23.3 Å². The van der Waals surface area contributed by atoms with Crippen molar-refractivity contribution in [3.8, 4) is 5.75 Å². The number of halogens is 1. The van der Waals surface area contributed by atoms with Crippen LogP contribution in [-0.2, 0) is 4.74 Å². The molecule has 1 aliphatic heterocycles. The molecule has 1 fully saturated rings.